The number of hydrogen-bond acceptors (Lipinski definition) is 3. The Labute approximate surface area is 157 Å². The summed E-state index contributed by atoms with van der Waals surface area (Å²) in [6.45, 7) is 0. The van der Waals surface area contributed by atoms with E-state index in [0.717, 1.165) is 28.7 Å². The molecule has 0 atom stereocenters. The summed E-state index contributed by atoms with van der Waals surface area (Å²) < 4.78 is 40.8. The number of hydrogen-bond donors (Lipinski definition) is 2. The Bertz CT molecular complexity index is 1140. The first-order valence-electron chi connectivity index (χ1n) is 8.05. The van der Waals surface area contributed by atoms with E-state index in [0.29, 0.717) is 16.5 Å². The van der Waals surface area contributed by atoms with Crippen LogP contribution in [0.25, 0.3) is 21.9 Å². The van der Waals surface area contributed by atoms with Gasteiger partial charge < -0.3 is 15.3 Å². The molecule has 0 saturated carbocycles. The number of imidazole rings is 1. The number of aromatic amines is 1. The van der Waals surface area contributed by atoms with E-state index in [4.69, 9.17) is 11.6 Å². The van der Waals surface area contributed by atoms with Crippen molar-refractivity contribution in [3.05, 3.63) is 53.2 Å². The number of nitrogens with zero attached hydrogens (tertiary/aromatic N) is 3. The Morgan fingerprint density at radius 1 is 1.15 bits per heavy atom. The molecule has 0 aliphatic carbocycles. The van der Waals surface area contributed by atoms with Gasteiger partial charge in [0.25, 0.3) is 0 Å². The number of rotatable bonds is 3. The van der Waals surface area contributed by atoms with Gasteiger partial charge in [0.15, 0.2) is 0 Å². The molecule has 0 saturated heterocycles. The second-order valence-corrected chi connectivity index (χ2v) is 6.75. The molecule has 5 nitrogen and oxygen atoms in total. The standard InChI is InChI=1S/C18H15ClF3N5/c1-26(2)27-16-6-3-10(18(20,21)22)7-14(16)24-17(27)25-15-9-23-13-5-4-11(19)8-12(13)15/h3-9,23H,1-2H3,(H,24,25). The van der Waals surface area contributed by atoms with E-state index in [-0.39, 0.29) is 5.52 Å². The molecule has 2 aromatic carbocycles. The Morgan fingerprint density at radius 3 is 2.63 bits per heavy atom. The quantitative estimate of drug-likeness (QED) is 0.507. The third-order valence-corrected chi connectivity index (χ3v) is 4.48. The second kappa shape index (κ2) is 6.09. The van der Waals surface area contributed by atoms with Crippen LogP contribution in [0.3, 0.4) is 0 Å². The van der Waals surface area contributed by atoms with Crippen LogP contribution in [0.2, 0.25) is 5.02 Å². The molecule has 2 N–H and O–H groups in total. The molecule has 0 bridgehead atoms. The fraction of sp³-hybridized carbons (Fsp3) is 0.167. The van der Waals surface area contributed by atoms with E-state index in [9.17, 15) is 13.2 Å². The number of alkyl halides is 3. The van der Waals surface area contributed by atoms with E-state index < -0.39 is 11.7 Å². The van der Waals surface area contributed by atoms with E-state index in [1.54, 1.807) is 42.1 Å². The normalized spacial score (nSPS) is 12.1. The molecule has 0 aliphatic heterocycles. The predicted octanol–water partition coefficient (Wildman–Crippen LogP) is 5.13. The van der Waals surface area contributed by atoms with Crippen LogP contribution in [0.4, 0.5) is 24.8 Å². The van der Waals surface area contributed by atoms with Gasteiger partial charge in [0.05, 0.1) is 22.3 Å². The first-order valence-corrected chi connectivity index (χ1v) is 8.43. The van der Waals surface area contributed by atoms with Gasteiger partial charge >= 0.3 is 6.18 Å². The topological polar surface area (TPSA) is 48.9 Å². The molecular formula is C18H15ClF3N5. The van der Waals surface area contributed by atoms with Gasteiger partial charge in [0.2, 0.25) is 5.95 Å². The second-order valence-electron chi connectivity index (χ2n) is 6.31. The molecular weight excluding hydrogens is 379 g/mol. The molecule has 0 spiro atoms. The molecule has 0 radical (unpaired) electrons. The molecule has 0 fully saturated rings. The number of halogens is 4. The Morgan fingerprint density at radius 2 is 1.93 bits per heavy atom. The lowest BCUT2D eigenvalue weighted by Crippen LogP contribution is -2.25. The molecule has 0 unspecified atom stereocenters. The maximum absolute atomic E-state index is 13.0. The lowest BCUT2D eigenvalue weighted by atomic mass is 10.2. The third-order valence-electron chi connectivity index (χ3n) is 4.25. The minimum Gasteiger partial charge on any atom is -0.359 e. The molecule has 27 heavy (non-hydrogen) atoms. The summed E-state index contributed by atoms with van der Waals surface area (Å²) in [6.07, 6.45) is -2.65. The van der Waals surface area contributed by atoms with Crippen molar-refractivity contribution in [2.45, 2.75) is 6.18 Å². The van der Waals surface area contributed by atoms with Gasteiger partial charge in [0.1, 0.15) is 0 Å². The zero-order chi connectivity index (χ0) is 19.3. The number of nitrogens with one attached hydrogen (secondary N) is 2. The zero-order valence-electron chi connectivity index (χ0n) is 14.4. The van der Waals surface area contributed by atoms with E-state index in [2.05, 4.69) is 15.3 Å². The van der Waals surface area contributed by atoms with Gasteiger partial charge in [-0.25, -0.2) is 9.66 Å². The summed E-state index contributed by atoms with van der Waals surface area (Å²) in [7, 11) is 3.58. The van der Waals surface area contributed by atoms with Crippen molar-refractivity contribution in [3.8, 4) is 0 Å². The van der Waals surface area contributed by atoms with Crippen LogP contribution < -0.4 is 10.3 Å². The highest BCUT2D eigenvalue weighted by atomic mass is 35.5. The molecule has 140 valence electrons. The van der Waals surface area contributed by atoms with Gasteiger partial charge in [0, 0.05) is 36.2 Å². The van der Waals surface area contributed by atoms with Crippen LogP contribution in [0.5, 0.6) is 0 Å². The van der Waals surface area contributed by atoms with Gasteiger partial charge in [-0.3, -0.25) is 0 Å². The van der Waals surface area contributed by atoms with Crippen molar-refractivity contribution in [3.63, 3.8) is 0 Å². The minimum atomic E-state index is -4.42. The molecule has 0 aliphatic rings. The van der Waals surface area contributed by atoms with Crippen molar-refractivity contribution in [1.29, 1.82) is 0 Å². The van der Waals surface area contributed by atoms with Gasteiger partial charge in [-0.1, -0.05) is 11.6 Å². The number of H-pyrrole nitrogens is 1. The summed E-state index contributed by atoms with van der Waals surface area (Å²) >= 11 is 6.08. The lowest BCUT2D eigenvalue weighted by molar-refractivity contribution is -0.137. The predicted molar refractivity (Wildman–Crippen MR) is 101 cm³/mol. The largest absolute Gasteiger partial charge is 0.416 e. The summed E-state index contributed by atoms with van der Waals surface area (Å²) in [5.74, 6) is 0.398. The maximum Gasteiger partial charge on any atom is 0.416 e. The van der Waals surface area contributed by atoms with E-state index in [1.165, 1.54) is 6.07 Å². The Kier molecular flexibility index (Phi) is 3.96. The fourth-order valence-corrected chi connectivity index (χ4v) is 3.22. The average Bonchev–Trinajstić information content (AvgIpc) is 3.14. The number of aromatic nitrogens is 3. The third kappa shape index (κ3) is 3.06. The number of anilines is 2. The molecule has 9 heteroatoms. The highest BCUT2D eigenvalue weighted by molar-refractivity contribution is 6.31. The highest BCUT2D eigenvalue weighted by Gasteiger charge is 2.31. The number of fused-ring (bicyclic) bond motifs is 2. The minimum absolute atomic E-state index is 0.249. The van der Waals surface area contributed by atoms with Gasteiger partial charge in [-0.15, -0.1) is 0 Å². The zero-order valence-corrected chi connectivity index (χ0v) is 15.2. The SMILES string of the molecule is CN(C)n1c(Nc2c[nH]c3ccc(Cl)cc23)nc2cc(C(F)(F)F)ccc21. The van der Waals surface area contributed by atoms with Crippen molar-refractivity contribution in [2.75, 3.05) is 24.4 Å². The molecule has 2 aromatic heterocycles. The van der Waals surface area contributed by atoms with Crippen LogP contribution in [-0.2, 0) is 6.18 Å². The summed E-state index contributed by atoms with van der Waals surface area (Å²) in [6, 6.07) is 8.96. The van der Waals surface area contributed by atoms with Crippen molar-refractivity contribution in [2.24, 2.45) is 0 Å². The van der Waals surface area contributed by atoms with Crippen molar-refractivity contribution in [1.82, 2.24) is 14.6 Å². The summed E-state index contributed by atoms with van der Waals surface area (Å²) in [5.41, 5.74) is 1.69. The van der Waals surface area contributed by atoms with Gasteiger partial charge in [-0.2, -0.15) is 13.2 Å². The first kappa shape index (κ1) is 17.5. The van der Waals surface area contributed by atoms with Crippen molar-refractivity contribution < 1.29 is 13.2 Å². The Balaban J connectivity index is 1.84. The maximum atomic E-state index is 13.0. The monoisotopic (exact) mass is 393 g/mol. The first-order chi connectivity index (χ1) is 12.7. The number of benzene rings is 2. The lowest BCUT2D eigenvalue weighted by Gasteiger charge is -2.18. The van der Waals surface area contributed by atoms with Gasteiger partial charge in [-0.05, 0) is 36.4 Å². The van der Waals surface area contributed by atoms with Crippen LogP contribution in [-0.4, -0.2) is 28.7 Å². The Hall–Kier alpha value is -2.87. The van der Waals surface area contributed by atoms with Crippen LogP contribution >= 0.6 is 11.6 Å². The fourth-order valence-electron chi connectivity index (χ4n) is 3.05. The molecule has 0 amide bonds. The smallest absolute Gasteiger partial charge is 0.359 e. The molecule has 2 heterocycles. The van der Waals surface area contributed by atoms with Crippen LogP contribution in [0.1, 0.15) is 5.56 Å². The summed E-state index contributed by atoms with van der Waals surface area (Å²) in [4.78, 5) is 7.50. The molecule has 4 rings (SSSR count). The molecule has 4 aromatic rings. The van der Waals surface area contributed by atoms with Crippen molar-refractivity contribution >= 4 is 45.2 Å². The highest BCUT2D eigenvalue weighted by Crippen LogP contribution is 2.33. The average molecular weight is 394 g/mol. The summed E-state index contributed by atoms with van der Waals surface area (Å²) in [5, 5.41) is 6.38. The van der Waals surface area contributed by atoms with Crippen LogP contribution in [0.15, 0.2) is 42.6 Å². The van der Waals surface area contributed by atoms with E-state index >= 15 is 0 Å². The van der Waals surface area contributed by atoms with E-state index in [1.807, 2.05) is 6.07 Å². The van der Waals surface area contributed by atoms with Crippen LogP contribution in [0, 0.1) is 0 Å².